The van der Waals surface area contributed by atoms with Gasteiger partial charge in [-0.1, -0.05) is 30.3 Å². The zero-order valence-electron chi connectivity index (χ0n) is 11.3. The van der Waals surface area contributed by atoms with Gasteiger partial charge in [-0.05, 0) is 48.1 Å². The molecule has 0 radical (unpaired) electrons. The lowest BCUT2D eigenvalue weighted by Gasteiger charge is -2.08. The molecule has 0 N–H and O–H groups in total. The fraction of sp³-hybridized carbons (Fsp3) is 0.222. The molecule has 0 saturated heterocycles. The summed E-state index contributed by atoms with van der Waals surface area (Å²) in [6.07, 6.45) is 6.99. The predicted octanol–water partition coefficient (Wildman–Crippen LogP) is 4.40. The van der Waals surface area contributed by atoms with Crippen LogP contribution in [0.25, 0.3) is 5.52 Å². The van der Waals surface area contributed by atoms with Gasteiger partial charge < -0.3 is 9.14 Å². The first-order valence-corrected chi connectivity index (χ1v) is 7.17. The third-order valence-electron chi connectivity index (χ3n) is 3.90. The van der Waals surface area contributed by atoms with Gasteiger partial charge in [0.25, 0.3) is 0 Å². The molecule has 3 aromatic rings. The summed E-state index contributed by atoms with van der Waals surface area (Å²) in [4.78, 5) is 0. The lowest BCUT2D eigenvalue weighted by Crippen LogP contribution is -1.96. The Kier molecular flexibility index (Phi) is 2.73. The second-order valence-electron chi connectivity index (χ2n) is 5.49. The Balaban J connectivity index is 1.62. The van der Waals surface area contributed by atoms with Gasteiger partial charge in [0.15, 0.2) is 0 Å². The van der Waals surface area contributed by atoms with Crippen LogP contribution in [-0.2, 0) is 6.61 Å². The smallest absolute Gasteiger partial charge is 0.143 e. The Morgan fingerprint density at radius 3 is 2.70 bits per heavy atom. The van der Waals surface area contributed by atoms with Crippen molar-refractivity contribution in [2.75, 3.05) is 0 Å². The molecular weight excluding hydrogens is 246 g/mol. The summed E-state index contributed by atoms with van der Waals surface area (Å²) in [5, 5.41) is 0. The van der Waals surface area contributed by atoms with Crippen molar-refractivity contribution in [2.45, 2.75) is 25.4 Å². The monoisotopic (exact) mass is 263 g/mol. The fourth-order valence-electron chi connectivity index (χ4n) is 2.63. The summed E-state index contributed by atoms with van der Waals surface area (Å²) in [5.74, 6) is 1.74. The van der Waals surface area contributed by atoms with Gasteiger partial charge in [-0.25, -0.2) is 0 Å². The van der Waals surface area contributed by atoms with Gasteiger partial charge >= 0.3 is 0 Å². The first-order chi connectivity index (χ1) is 9.90. The van der Waals surface area contributed by atoms with Crippen molar-refractivity contribution in [1.82, 2.24) is 4.40 Å². The number of hydrogen-bond acceptors (Lipinski definition) is 1. The van der Waals surface area contributed by atoms with Gasteiger partial charge in [0.1, 0.15) is 12.4 Å². The van der Waals surface area contributed by atoms with Gasteiger partial charge in [0.2, 0.25) is 0 Å². The highest BCUT2D eigenvalue weighted by molar-refractivity contribution is 5.62. The summed E-state index contributed by atoms with van der Waals surface area (Å²) in [6.45, 7) is 0.616. The summed E-state index contributed by atoms with van der Waals surface area (Å²) < 4.78 is 8.17. The second-order valence-corrected chi connectivity index (χ2v) is 5.49. The molecule has 2 aromatic heterocycles. The van der Waals surface area contributed by atoms with E-state index in [4.69, 9.17) is 4.74 Å². The Hall–Kier alpha value is -2.22. The van der Waals surface area contributed by atoms with Crippen molar-refractivity contribution in [2.24, 2.45) is 0 Å². The number of pyridine rings is 1. The highest BCUT2D eigenvalue weighted by Crippen LogP contribution is 2.41. The highest BCUT2D eigenvalue weighted by atomic mass is 16.5. The molecule has 0 bridgehead atoms. The van der Waals surface area contributed by atoms with Crippen molar-refractivity contribution in [3.05, 3.63) is 72.1 Å². The molecule has 1 aliphatic rings. The van der Waals surface area contributed by atoms with E-state index >= 15 is 0 Å². The number of ether oxygens (including phenoxy) is 1. The molecule has 1 fully saturated rings. The van der Waals surface area contributed by atoms with E-state index in [2.05, 4.69) is 41.1 Å². The van der Waals surface area contributed by atoms with Crippen LogP contribution in [0.3, 0.4) is 0 Å². The summed E-state index contributed by atoms with van der Waals surface area (Å²) in [7, 11) is 0. The molecule has 20 heavy (non-hydrogen) atoms. The largest absolute Gasteiger partial charge is 0.487 e. The second kappa shape index (κ2) is 4.71. The molecule has 2 heteroatoms. The van der Waals surface area contributed by atoms with Crippen LogP contribution in [-0.4, -0.2) is 4.40 Å². The lowest BCUT2D eigenvalue weighted by atomic mass is 10.2. The summed E-state index contributed by atoms with van der Waals surface area (Å²) in [5.41, 5.74) is 3.81. The van der Waals surface area contributed by atoms with E-state index in [1.54, 1.807) is 0 Å². The standard InChI is InChI=1S/C18H17NO/c1-2-5-14(6-3-1)13-20-18-7-4-10-19-12-16(11-17(18)19)15-8-9-15/h1-7,10-12,15H,8-9,13H2. The number of aromatic nitrogens is 1. The number of fused-ring (bicyclic) bond motifs is 1. The van der Waals surface area contributed by atoms with Gasteiger partial charge in [0, 0.05) is 12.4 Å². The van der Waals surface area contributed by atoms with Crippen molar-refractivity contribution >= 4 is 5.52 Å². The predicted molar refractivity (Wildman–Crippen MR) is 80.1 cm³/mol. The van der Waals surface area contributed by atoms with Crippen LogP contribution in [0.5, 0.6) is 5.75 Å². The maximum Gasteiger partial charge on any atom is 0.143 e. The van der Waals surface area contributed by atoms with Crippen molar-refractivity contribution in [1.29, 1.82) is 0 Å². The maximum absolute atomic E-state index is 6.00. The third-order valence-corrected chi connectivity index (χ3v) is 3.90. The van der Waals surface area contributed by atoms with Gasteiger partial charge in [-0.2, -0.15) is 0 Å². The summed E-state index contributed by atoms with van der Waals surface area (Å²) in [6, 6.07) is 16.7. The minimum absolute atomic E-state index is 0.616. The van der Waals surface area contributed by atoms with Crippen molar-refractivity contribution in [3.63, 3.8) is 0 Å². The molecule has 2 nitrogen and oxygen atoms in total. The van der Waals surface area contributed by atoms with E-state index in [1.807, 2.05) is 24.3 Å². The zero-order chi connectivity index (χ0) is 13.4. The fourth-order valence-corrected chi connectivity index (χ4v) is 2.63. The molecule has 0 aliphatic heterocycles. The SMILES string of the molecule is c1ccc(COc2cccn3cc(C4CC4)cc23)cc1. The zero-order valence-corrected chi connectivity index (χ0v) is 11.3. The van der Waals surface area contributed by atoms with Gasteiger partial charge in [-0.3, -0.25) is 0 Å². The van der Waals surface area contributed by atoms with Crippen LogP contribution in [0.1, 0.15) is 29.9 Å². The first-order valence-electron chi connectivity index (χ1n) is 7.17. The topological polar surface area (TPSA) is 13.6 Å². The molecule has 1 aromatic carbocycles. The molecule has 4 rings (SSSR count). The maximum atomic E-state index is 6.00. The van der Waals surface area contributed by atoms with E-state index in [1.165, 1.54) is 29.5 Å². The Bertz CT molecular complexity index is 726. The Labute approximate surface area is 118 Å². The van der Waals surface area contributed by atoms with Crippen LogP contribution < -0.4 is 4.74 Å². The van der Waals surface area contributed by atoms with Gasteiger partial charge in [0.05, 0.1) is 5.52 Å². The van der Waals surface area contributed by atoms with E-state index < -0.39 is 0 Å². The number of rotatable bonds is 4. The molecule has 100 valence electrons. The molecule has 0 amide bonds. The molecule has 0 spiro atoms. The number of hydrogen-bond donors (Lipinski definition) is 0. The molecular formula is C18H17NO. The molecule has 2 heterocycles. The summed E-state index contributed by atoms with van der Waals surface area (Å²) >= 11 is 0. The molecule has 1 aliphatic carbocycles. The number of benzene rings is 1. The van der Waals surface area contributed by atoms with Crippen molar-refractivity contribution in [3.8, 4) is 5.75 Å². The average molecular weight is 263 g/mol. The lowest BCUT2D eigenvalue weighted by molar-refractivity contribution is 0.309. The van der Waals surface area contributed by atoms with E-state index in [9.17, 15) is 0 Å². The van der Waals surface area contributed by atoms with E-state index in [-0.39, 0.29) is 0 Å². The molecule has 0 unspecified atom stereocenters. The van der Waals surface area contributed by atoms with Crippen LogP contribution >= 0.6 is 0 Å². The molecule has 0 atom stereocenters. The first kappa shape index (κ1) is 11.6. The van der Waals surface area contributed by atoms with Crippen molar-refractivity contribution < 1.29 is 4.74 Å². The van der Waals surface area contributed by atoms with Crippen LogP contribution in [0.15, 0.2) is 60.9 Å². The Morgan fingerprint density at radius 2 is 1.90 bits per heavy atom. The minimum Gasteiger partial charge on any atom is -0.487 e. The van der Waals surface area contributed by atoms with Crippen LogP contribution in [0, 0.1) is 0 Å². The average Bonchev–Trinajstić information content (AvgIpc) is 3.25. The normalized spacial score (nSPS) is 14.6. The molecule has 1 saturated carbocycles. The highest BCUT2D eigenvalue weighted by Gasteiger charge is 2.25. The minimum atomic E-state index is 0.616. The number of nitrogens with zero attached hydrogens (tertiary/aromatic N) is 1. The van der Waals surface area contributed by atoms with E-state index in [0.717, 1.165) is 11.7 Å². The Morgan fingerprint density at radius 1 is 1.05 bits per heavy atom. The van der Waals surface area contributed by atoms with Gasteiger partial charge in [-0.15, -0.1) is 0 Å². The van der Waals surface area contributed by atoms with Crippen LogP contribution in [0.2, 0.25) is 0 Å². The quantitative estimate of drug-likeness (QED) is 0.680. The van der Waals surface area contributed by atoms with E-state index in [0.29, 0.717) is 6.61 Å². The van der Waals surface area contributed by atoms with Crippen LogP contribution in [0.4, 0.5) is 0 Å². The third kappa shape index (κ3) is 2.18.